The van der Waals surface area contributed by atoms with Crippen LogP contribution in [0.25, 0.3) is 0 Å². The van der Waals surface area contributed by atoms with Gasteiger partial charge in [-0.1, -0.05) is 43.2 Å². The molecule has 1 aromatic carbocycles. The second-order valence-electron chi connectivity index (χ2n) is 6.90. The van der Waals surface area contributed by atoms with Crippen LogP contribution in [0.5, 0.6) is 0 Å². The van der Waals surface area contributed by atoms with Crippen molar-refractivity contribution in [3.8, 4) is 0 Å². The summed E-state index contributed by atoms with van der Waals surface area (Å²) in [6, 6.07) is 10.8. The summed E-state index contributed by atoms with van der Waals surface area (Å²) < 4.78 is 1.69. The third-order valence-corrected chi connectivity index (χ3v) is 4.83. The Labute approximate surface area is 150 Å². The Kier molecular flexibility index (Phi) is 6.23. The van der Waals surface area contributed by atoms with Crippen molar-refractivity contribution >= 4 is 5.91 Å². The molecular weight excluding hydrogens is 312 g/mol. The van der Waals surface area contributed by atoms with Gasteiger partial charge in [0.05, 0.1) is 12.2 Å². The van der Waals surface area contributed by atoms with Gasteiger partial charge in [-0.2, -0.15) is 5.10 Å². The molecule has 0 bridgehead atoms. The molecule has 1 amide bonds. The number of aromatic nitrogens is 2. The van der Waals surface area contributed by atoms with Crippen molar-refractivity contribution in [1.29, 1.82) is 0 Å². The molecule has 5 heteroatoms. The topological polar surface area (TPSA) is 50.2 Å². The first-order valence-electron chi connectivity index (χ1n) is 9.27. The van der Waals surface area contributed by atoms with E-state index in [1.807, 2.05) is 19.2 Å². The number of hydrogen-bond donors (Lipinski definition) is 1. The standard InChI is InChI=1S/C20H28N4O/c1-17-13-22-24(15-17)16-20(25)21-14-19(18-9-5-4-6-10-18)23-11-7-2-3-8-12-23/h4-6,9-10,13,15,19H,2-3,7-8,11-12,14,16H2,1H3,(H,21,25)/t19-/m1/s1. The number of nitrogens with zero attached hydrogens (tertiary/aromatic N) is 3. The number of likely N-dealkylation sites (tertiary alicyclic amines) is 1. The Balaban J connectivity index is 1.63. The highest BCUT2D eigenvalue weighted by Gasteiger charge is 2.22. The van der Waals surface area contributed by atoms with Crippen LogP contribution in [0, 0.1) is 6.92 Å². The molecule has 25 heavy (non-hydrogen) atoms. The number of carbonyl (C=O) groups excluding carboxylic acids is 1. The number of amides is 1. The van der Waals surface area contributed by atoms with Crippen LogP contribution < -0.4 is 5.32 Å². The molecule has 1 aromatic heterocycles. The first-order chi connectivity index (χ1) is 12.2. The van der Waals surface area contributed by atoms with Gasteiger partial charge in [0.2, 0.25) is 5.91 Å². The monoisotopic (exact) mass is 340 g/mol. The van der Waals surface area contributed by atoms with Crippen LogP contribution in [0.15, 0.2) is 42.7 Å². The lowest BCUT2D eigenvalue weighted by atomic mass is 10.0. The van der Waals surface area contributed by atoms with E-state index in [9.17, 15) is 4.79 Å². The number of benzene rings is 1. The van der Waals surface area contributed by atoms with Crippen molar-refractivity contribution in [1.82, 2.24) is 20.0 Å². The normalized spacial score (nSPS) is 17.0. The predicted octanol–water partition coefficient (Wildman–Crippen LogP) is 2.93. The minimum absolute atomic E-state index is 0.0128. The molecule has 3 rings (SSSR count). The molecule has 0 saturated carbocycles. The van der Waals surface area contributed by atoms with Gasteiger partial charge >= 0.3 is 0 Å². The average Bonchev–Trinajstić information content (AvgIpc) is 2.86. The lowest BCUT2D eigenvalue weighted by molar-refractivity contribution is -0.122. The molecular formula is C20H28N4O. The zero-order valence-electron chi connectivity index (χ0n) is 15.0. The van der Waals surface area contributed by atoms with Crippen molar-refractivity contribution in [3.63, 3.8) is 0 Å². The first kappa shape index (κ1) is 17.7. The number of aryl methyl sites for hydroxylation is 1. The summed E-state index contributed by atoms with van der Waals surface area (Å²) in [7, 11) is 0. The number of nitrogens with one attached hydrogen (secondary N) is 1. The van der Waals surface area contributed by atoms with E-state index in [1.54, 1.807) is 10.9 Å². The molecule has 1 atom stereocenters. The minimum atomic E-state index is 0.0128. The third kappa shape index (κ3) is 5.16. The third-order valence-electron chi connectivity index (χ3n) is 4.83. The summed E-state index contributed by atoms with van der Waals surface area (Å²) in [5.74, 6) is 0.0128. The molecule has 1 aliphatic heterocycles. The summed E-state index contributed by atoms with van der Waals surface area (Å²) in [6.45, 7) is 5.10. The maximum atomic E-state index is 12.3. The Morgan fingerprint density at radius 2 is 1.88 bits per heavy atom. The van der Waals surface area contributed by atoms with Crippen LogP contribution in [-0.2, 0) is 11.3 Å². The molecule has 5 nitrogen and oxygen atoms in total. The zero-order chi connectivity index (χ0) is 17.5. The van der Waals surface area contributed by atoms with Crippen molar-refractivity contribution in [3.05, 3.63) is 53.9 Å². The molecule has 1 aliphatic rings. The van der Waals surface area contributed by atoms with Crippen molar-refractivity contribution in [2.45, 2.75) is 45.2 Å². The van der Waals surface area contributed by atoms with E-state index in [0.717, 1.165) is 18.7 Å². The van der Waals surface area contributed by atoms with Crippen LogP contribution in [0.2, 0.25) is 0 Å². The summed E-state index contributed by atoms with van der Waals surface area (Å²) in [5.41, 5.74) is 2.35. The molecule has 2 heterocycles. The van der Waals surface area contributed by atoms with Crippen LogP contribution >= 0.6 is 0 Å². The van der Waals surface area contributed by atoms with E-state index >= 15 is 0 Å². The highest BCUT2D eigenvalue weighted by molar-refractivity contribution is 5.75. The SMILES string of the molecule is Cc1cnn(CC(=O)NC[C@H](c2ccccc2)N2CCCCCC2)c1. The lowest BCUT2D eigenvalue weighted by Gasteiger charge is -2.31. The van der Waals surface area contributed by atoms with Crippen LogP contribution in [0.3, 0.4) is 0 Å². The van der Waals surface area contributed by atoms with Crippen molar-refractivity contribution in [2.24, 2.45) is 0 Å². The Morgan fingerprint density at radius 3 is 2.52 bits per heavy atom. The average molecular weight is 340 g/mol. The maximum absolute atomic E-state index is 12.3. The van der Waals surface area contributed by atoms with Gasteiger partial charge in [0.15, 0.2) is 0 Å². The first-order valence-corrected chi connectivity index (χ1v) is 9.27. The van der Waals surface area contributed by atoms with Gasteiger partial charge in [-0.25, -0.2) is 0 Å². The van der Waals surface area contributed by atoms with E-state index in [1.165, 1.54) is 31.2 Å². The van der Waals surface area contributed by atoms with Gasteiger partial charge < -0.3 is 5.32 Å². The highest BCUT2D eigenvalue weighted by Crippen LogP contribution is 2.23. The molecule has 0 aliphatic carbocycles. The molecule has 0 spiro atoms. The van der Waals surface area contributed by atoms with Crippen LogP contribution in [-0.4, -0.2) is 40.2 Å². The summed E-state index contributed by atoms with van der Waals surface area (Å²) in [6.07, 6.45) is 8.76. The molecule has 1 fully saturated rings. The summed E-state index contributed by atoms with van der Waals surface area (Å²) in [4.78, 5) is 14.8. The molecule has 134 valence electrons. The predicted molar refractivity (Wildman–Crippen MR) is 99.2 cm³/mol. The zero-order valence-corrected chi connectivity index (χ0v) is 15.0. The van der Waals surface area contributed by atoms with Crippen LogP contribution in [0.1, 0.15) is 42.9 Å². The highest BCUT2D eigenvalue weighted by atomic mass is 16.2. The molecule has 1 N–H and O–H groups in total. The lowest BCUT2D eigenvalue weighted by Crippen LogP contribution is -2.39. The summed E-state index contributed by atoms with van der Waals surface area (Å²) >= 11 is 0. The van der Waals surface area contributed by atoms with Gasteiger partial charge in [-0.3, -0.25) is 14.4 Å². The molecule has 0 unspecified atom stereocenters. The fourth-order valence-corrected chi connectivity index (χ4v) is 3.51. The molecule has 1 saturated heterocycles. The van der Waals surface area contributed by atoms with E-state index in [0.29, 0.717) is 6.54 Å². The van der Waals surface area contributed by atoms with Crippen molar-refractivity contribution < 1.29 is 4.79 Å². The van der Waals surface area contributed by atoms with E-state index < -0.39 is 0 Å². The van der Waals surface area contributed by atoms with Gasteiger partial charge in [-0.15, -0.1) is 0 Å². The van der Waals surface area contributed by atoms with E-state index in [4.69, 9.17) is 0 Å². The second-order valence-corrected chi connectivity index (χ2v) is 6.90. The Morgan fingerprint density at radius 1 is 1.16 bits per heavy atom. The van der Waals surface area contributed by atoms with E-state index in [2.05, 4.69) is 39.6 Å². The number of rotatable bonds is 6. The van der Waals surface area contributed by atoms with Gasteiger partial charge in [0.25, 0.3) is 0 Å². The summed E-state index contributed by atoms with van der Waals surface area (Å²) in [5, 5.41) is 7.30. The molecule has 2 aromatic rings. The van der Waals surface area contributed by atoms with Crippen molar-refractivity contribution in [2.75, 3.05) is 19.6 Å². The van der Waals surface area contributed by atoms with Crippen LogP contribution in [0.4, 0.5) is 0 Å². The Hall–Kier alpha value is -2.14. The number of carbonyl (C=O) groups is 1. The minimum Gasteiger partial charge on any atom is -0.353 e. The maximum Gasteiger partial charge on any atom is 0.241 e. The van der Waals surface area contributed by atoms with Gasteiger partial charge in [0, 0.05) is 12.7 Å². The molecule has 0 radical (unpaired) electrons. The quantitative estimate of drug-likeness (QED) is 0.880. The Bertz CT molecular complexity index is 659. The smallest absolute Gasteiger partial charge is 0.241 e. The fraction of sp³-hybridized carbons (Fsp3) is 0.500. The fourth-order valence-electron chi connectivity index (χ4n) is 3.51. The van der Waals surface area contributed by atoms with Gasteiger partial charge in [0.1, 0.15) is 6.54 Å². The number of hydrogen-bond acceptors (Lipinski definition) is 3. The van der Waals surface area contributed by atoms with E-state index in [-0.39, 0.29) is 18.5 Å². The largest absolute Gasteiger partial charge is 0.353 e. The van der Waals surface area contributed by atoms with Gasteiger partial charge in [-0.05, 0) is 44.0 Å². The second kappa shape index (κ2) is 8.81.